The fourth-order valence-corrected chi connectivity index (χ4v) is 2.77. The van der Waals surface area contributed by atoms with Crippen LogP contribution in [0.1, 0.15) is 24.1 Å². The molecule has 2 amide bonds. The highest BCUT2D eigenvalue weighted by Crippen LogP contribution is 2.39. The summed E-state index contributed by atoms with van der Waals surface area (Å²) in [6, 6.07) is 5.68. The third-order valence-corrected chi connectivity index (χ3v) is 3.86. The molecule has 106 valence electrons. The molecule has 0 radical (unpaired) electrons. The number of benzene rings is 1. The highest BCUT2D eigenvalue weighted by Gasteiger charge is 2.31. The maximum absolute atomic E-state index is 11.9. The number of carbonyl (C=O) groups is 2. The second-order valence-corrected chi connectivity index (χ2v) is 5.36. The third-order valence-electron chi connectivity index (χ3n) is 3.51. The standard InChI is InChI=1S/C15H17ClN2O2/c1-3-13(19)17-8-14(20)18-15-9(2)7-11-10(15)5-4-6-12(11)16/h3-6,9,15H,1,7-8H2,2H3,(H,17,19)(H,18,20)/t9-,15-/m1/s1. The molecule has 2 atom stereocenters. The monoisotopic (exact) mass is 292 g/mol. The van der Waals surface area contributed by atoms with Crippen LogP contribution in [0.15, 0.2) is 30.9 Å². The Bertz CT molecular complexity index is 557. The fourth-order valence-electron chi connectivity index (χ4n) is 2.51. The summed E-state index contributed by atoms with van der Waals surface area (Å²) in [5, 5.41) is 6.15. The Balaban J connectivity index is 2.04. The molecule has 0 spiro atoms. The Morgan fingerprint density at radius 1 is 1.50 bits per heavy atom. The first-order valence-electron chi connectivity index (χ1n) is 6.50. The maximum Gasteiger partial charge on any atom is 0.243 e. The van der Waals surface area contributed by atoms with Gasteiger partial charge in [0.15, 0.2) is 0 Å². The first-order valence-corrected chi connectivity index (χ1v) is 6.87. The van der Waals surface area contributed by atoms with E-state index in [1.807, 2.05) is 18.2 Å². The molecular weight excluding hydrogens is 276 g/mol. The van der Waals surface area contributed by atoms with Crippen LogP contribution in [0.2, 0.25) is 5.02 Å². The lowest BCUT2D eigenvalue weighted by Crippen LogP contribution is -2.39. The van der Waals surface area contributed by atoms with Crippen molar-refractivity contribution in [2.45, 2.75) is 19.4 Å². The van der Waals surface area contributed by atoms with Crippen LogP contribution in [0.4, 0.5) is 0 Å². The lowest BCUT2D eigenvalue weighted by molar-refractivity contribution is -0.124. The van der Waals surface area contributed by atoms with Gasteiger partial charge in [-0.2, -0.15) is 0 Å². The summed E-state index contributed by atoms with van der Waals surface area (Å²) < 4.78 is 0. The van der Waals surface area contributed by atoms with Gasteiger partial charge in [-0.1, -0.05) is 37.2 Å². The molecule has 4 nitrogen and oxygen atoms in total. The van der Waals surface area contributed by atoms with Gasteiger partial charge >= 0.3 is 0 Å². The van der Waals surface area contributed by atoms with Crippen LogP contribution in [0, 0.1) is 5.92 Å². The van der Waals surface area contributed by atoms with Crippen LogP contribution in [0.25, 0.3) is 0 Å². The first-order chi connectivity index (χ1) is 9.52. The molecule has 1 aromatic rings. The van der Waals surface area contributed by atoms with Crippen molar-refractivity contribution in [3.8, 4) is 0 Å². The summed E-state index contributed by atoms with van der Waals surface area (Å²) in [4.78, 5) is 22.9. The van der Waals surface area contributed by atoms with Crippen LogP contribution in [0.5, 0.6) is 0 Å². The van der Waals surface area contributed by atoms with Crippen molar-refractivity contribution >= 4 is 23.4 Å². The Morgan fingerprint density at radius 3 is 2.95 bits per heavy atom. The van der Waals surface area contributed by atoms with Crippen LogP contribution in [-0.4, -0.2) is 18.4 Å². The average Bonchev–Trinajstić information content (AvgIpc) is 2.74. The molecule has 2 N–H and O–H groups in total. The molecule has 5 heteroatoms. The van der Waals surface area contributed by atoms with Gasteiger partial charge in [-0.25, -0.2) is 0 Å². The van der Waals surface area contributed by atoms with Crippen molar-refractivity contribution in [2.24, 2.45) is 5.92 Å². The summed E-state index contributed by atoms with van der Waals surface area (Å²) >= 11 is 6.18. The zero-order valence-electron chi connectivity index (χ0n) is 11.3. The van der Waals surface area contributed by atoms with E-state index in [0.29, 0.717) is 0 Å². The largest absolute Gasteiger partial charge is 0.347 e. The van der Waals surface area contributed by atoms with Crippen LogP contribution in [0.3, 0.4) is 0 Å². The van der Waals surface area contributed by atoms with Crippen LogP contribution in [-0.2, 0) is 16.0 Å². The minimum atomic E-state index is -0.358. The zero-order valence-corrected chi connectivity index (χ0v) is 12.0. The van der Waals surface area contributed by atoms with Gasteiger partial charge in [0.1, 0.15) is 0 Å². The number of fused-ring (bicyclic) bond motifs is 1. The van der Waals surface area contributed by atoms with E-state index >= 15 is 0 Å². The van der Waals surface area contributed by atoms with Gasteiger partial charge in [0.25, 0.3) is 0 Å². The van der Waals surface area contributed by atoms with Gasteiger partial charge in [0.05, 0.1) is 12.6 Å². The third kappa shape index (κ3) is 3.02. The van der Waals surface area contributed by atoms with Crippen LogP contribution < -0.4 is 10.6 Å². The summed E-state index contributed by atoms with van der Waals surface area (Å²) in [6.45, 7) is 5.36. The van der Waals surface area contributed by atoms with Crippen LogP contribution >= 0.6 is 11.6 Å². The van der Waals surface area contributed by atoms with E-state index in [1.54, 1.807) is 0 Å². The van der Waals surface area contributed by atoms with Crippen molar-refractivity contribution in [1.82, 2.24) is 10.6 Å². The second kappa shape index (κ2) is 6.09. The molecule has 0 aliphatic heterocycles. The quantitative estimate of drug-likeness (QED) is 0.834. The molecule has 0 heterocycles. The molecule has 0 unspecified atom stereocenters. The molecule has 2 rings (SSSR count). The Hall–Kier alpha value is -1.81. The van der Waals surface area contributed by atoms with Gasteiger partial charge < -0.3 is 10.6 Å². The lowest BCUT2D eigenvalue weighted by atomic mass is 10.0. The number of amides is 2. The van der Waals surface area contributed by atoms with Gasteiger partial charge in [-0.05, 0) is 35.6 Å². The first kappa shape index (κ1) is 14.6. The van der Waals surface area contributed by atoms with Crippen molar-refractivity contribution < 1.29 is 9.59 Å². The van der Waals surface area contributed by atoms with E-state index in [1.165, 1.54) is 0 Å². The Morgan fingerprint density at radius 2 is 2.25 bits per heavy atom. The SMILES string of the molecule is C=CC(=O)NCC(=O)N[C@H]1c2cccc(Cl)c2C[C@H]1C. The fraction of sp³-hybridized carbons (Fsp3) is 0.333. The van der Waals surface area contributed by atoms with Crippen molar-refractivity contribution in [3.63, 3.8) is 0 Å². The molecule has 0 aromatic heterocycles. The summed E-state index contributed by atoms with van der Waals surface area (Å²) in [5.74, 6) is -0.295. The number of hydrogen-bond donors (Lipinski definition) is 2. The molecule has 1 aliphatic rings. The van der Waals surface area contributed by atoms with Gasteiger partial charge in [-0.15, -0.1) is 0 Å². The molecule has 20 heavy (non-hydrogen) atoms. The van der Waals surface area contributed by atoms with E-state index in [0.717, 1.165) is 28.6 Å². The van der Waals surface area contributed by atoms with Gasteiger partial charge in [0.2, 0.25) is 11.8 Å². The highest BCUT2D eigenvalue weighted by molar-refractivity contribution is 6.31. The van der Waals surface area contributed by atoms with Crippen molar-refractivity contribution in [1.29, 1.82) is 0 Å². The summed E-state index contributed by atoms with van der Waals surface area (Å²) in [7, 11) is 0. The van der Waals surface area contributed by atoms with Gasteiger partial charge in [-0.3, -0.25) is 9.59 Å². The lowest BCUT2D eigenvalue weighted by Gasteiger charge is -2.18. The van der Waals surface area contributed by atoms with Crippen molar-refractivity contribution in [2.75, 3.05) is 6.54 Å². The molecule has 0 saturated carbocycles. The minimum absolute atomic E-state index is 0.0516. The smallest absolute Gasteiger partial charge is 0.243 e. The molecule has 0 fully saturated rings. The summed E-state index contributed by atoms with van der Waals surface area (Å²) in [6.07, 6.45) is 1.99. The van der Waals surface area contributed by atoms with E-state index in [-0.39, 0.29) is 30.3 Å². The Kier molecular flexibility index (Phi) is 4.45. The topological polar surface area (TPSA) is 58.2 Å². The number of nitrogens with one attached hydrogen (secondary N) is 2. The number of carbonyl (C=O) groups excluding carboxylic acids is 2. The van der Waals surface area contributed by atoms with E-state index in [2.05, 4.69) is 24.1 Å². The summed E-state index contributed by atoms with van der Waals surface area (Å²) in [5.41, 5.74) is 2.16. The molecule has 1 aromatic carbocycles. The zero-order chi connectivity index (χ0) is 14.7. The normalized spacial score (nSPS) is 20.1. The minimum Gasteiger partial charge on any atom is -0.347 e. The number of rotatable bonds is 4. The van der Waals surface area contributed by atoms with E-state index in [4.69, 9.17) is 11.6 Å². The Labute approximate surface area is 123 Å². The predicted molar refractivity (Wildman–Crippen MR) is 78.4 cm³/mol. The predicted octanol–water partition coefficient (Wildman–Crippen LogP) is 1.99. The van der Waals surface area contributed by atoms with Gasteiger partial charge in [0, 0.05) is 5.02 Å². The average molecular weight is 293 g/mol. The molecular formula is C15H17ClN2O2. The number of halogens is 1. The van der Waals surface area contributed by atoms with Crippen molar-refractivity contribution in [3.05, 3.63) is 47.0 Å². The number of hydrogen-bond acceptors (Lipinski definition) is 2. The van der Waals surface area contributed by atoms with E-state index in [9.17, 15) is 9.59 Å². The molecule has 0 bridgehead atoms. The highest BCUT2D eigenvalue weighted by atomic mass is 35.5. The second-order valence-electron chi connectivity index (χ2n) is 4.96. The molecule has 0 saturated heterocycles. The molecule has 1 aliphatic carbocycles. The maximum atomic E-state index is 11.9. The van der Waals surface area contributed by atoms with E-state index < -0.39 is 0 Å².